The van der Waals surface area contributed by atoms with Gasteiger partial charge in [0, 0.05) is 44.4 Å². The lowest BCUT2D eigenvalue weighted by atomic mass is 10.1. The zero-order chi connectivity index (χ0) is 21.2. The molecule has 1 aliphatic heterocycles. The number of hydrogen-bond donors (Lipinski definition) is 0. The van der Waals surface area contributed by atoms with Crippen LogP contribution in [0.25, 0.3) is 0 Å². The minimum atomic E-state index is -4.14. The molecule has 3 rings (SSSR count). The first-order valence-corrected chi connectivity index (χ1v) is 10.1. The van der Waals surface area contributed by atoms with Crippen LogP contribution in [-0.4, -0.2) is 54.6 Å². The van der Waals surface area contributed by atoms with E-state index in [9.17, 15) is 32.1 Å². The lowest BCUT2D eigenvalue weighted by Crippen LogP contribution is -2.51. The van der Waals surface area contributed by atoms with E-state index in [-0.39, 0.29) is 44.2 Å². The van der Waals surface area contributed by atoms with Gasteiger partial charge in [-0.1, -0.05) is 12.1 Å². The summed E-state index contributed by atoms with van der Waals surface area (Å²) >= 11 is 0. The number of carbonyl (C=O) groups is 1. The molecule has 0 radical (unpaired) electrons. The average Bonchev–Trinajstić information content (AvgIpc) is 2.68. The minimum absolute atomic E-state index is 0.0227. The number of non-ortho nitro benzene ring substituents is 1. The Labute approximate surface area is 165 Å². The molecule has 2 aromatic rings. The molecule has 1 saturated heterocycles. The van der Waals surface area contributed by atoms with Gasteiger partial charge in [0.05, 0.1) is 11.3 Å². The van der Waals surface area contributed by atoms with Crippen molar-refractivity contribution in [1.29, 1.82) is 0 Å². The van der Waals surface area contributed by atoms with Crippen molar-refractivity contribution in [3.05, 3.63) is 69.8 Å². The Bertz CT molecular complexity index is 1040. The van der Waals surface area contributed by atoms with E-state index in [1.165, 1.54) is 29.2 Å². The molecule has 0 atom stereocenters. The summed E-state index contributed by atoms with van der Waals surface area (Å²) in [5.41, 5.74) is 0.525. The quantitative estimate of drug-likeness (QED) is 0.538. The molecule has 11 heteroatoms. The number of piperazine rings is 1. The van der Waals surface area contributed by atoms with E-state index in [2.05, 4.69) is 0 Å². The van der Waals surface area contributed by atoms with Crippen LogP contribution < -0.4 is 0 Å². The first kappa shape index (κ1) is 20.8. The summed E-state index contributed by atoms with van der Waals surface area (Å²) in [6, 6.07) is 7.87. The number of carbonyl (C=O) groups excluding carboxylic acids is 1. The number of hydrogen-bond acceptors (Lipinski definition) is 5. The predicted molar refractivity (Wildman–Crippen MR) is 98.5 cm³/mol. The SMILES string of the molecule is O=C(Cc1ccc([N+](=O)[O-])cc1)N1CCN(S(=O)(=O)c2ccc(F)cc2F)CC1. The summed E-state index contributed by atoms with van der Waals surface area (Å²) in [6.45, 7) is 0.192. The maximum Gasteiger partial charge on any atom is 0.269 e. The van der Waals surface area contributed by atoms with Crippen LogP contribution >= 0.6 is 0 Å². The molecule has 0 aliphatic carbocycles. The second-order valence-corrected chi connectivity index (χ2v) is 8.37. The molecule has 29 heavy (non-hydrogen) atoms. The van der Waals surface area contributed by atoms with Crippen molar-refractivity contribution >= 4 is 21.6 Å². The highest BCUT2D eigenvalue weighted by molar-refractivity contribution is 7.89. The summed E-state index contributed by atoms with van der Waals surface area (Å²) in [7, 11) is -4.14. The molecule has 2 aromatic carbocycles. The second kappa shape index (κ2) is 8.21. The third kappa shape index (κ3) is 4.57. The van der Waals surface area contributed by atoms with Crippen molar-refractivity contribution in [2.24, 2.45) is 0 Å². The molecular weight excluding hydrogens is 408 g/mol. The van der Waals surface area contributed by atoms with Crippen molar-refractivity contribution in [1.82, 2.24) is 9.21 Å². The molecular formula is C18H17F2N3O5S. The molecule has 154 valence electrons. The molecule has 1 fully saturated rings. The number of sulfonamides is 1. The molecule has 1 amide bonds. The van der Waals surface area contributed by atoms with Crippen LogP contribution in [0.2, 0.25) is 0 Å². The number of rotatable bonds is 5. The van der Waals surface area contributed by atoms with Gasteiger partial charge in [-0.3, -0.25) is 14.9 Å². The van der Waals surface area contributed by atoms with Crippen LogP contribution in [0.4, 0.5) is 14.5 Å². The molecule has 0 bridgehead atoms. The van der Waals surface area contributed by atoms with Crippen LogP contribution in [0.3, 0.4) is 0 Å². The summed E-state index contributed by atoms with van der Waals surface area (Å²) in [4.78, 5) is 23.4. The maximum absolute atomic E-state index is 13.9. The van der Waals surface area contributed by atoms with Crippen LogP contribution in [0.1, 0.15) is 5.56 Å². The summed E-state index contributed by atoms with van der Waals surface area (Å²) in [6.07, 6.45) is 0.0251. The normalized spacial score (nSPS) is 15.3. The van der Waals surface area contributed by atoms with E-state index in [0.29, 0.717) is 11.6 Å². The minimum Gasteiger partial charge on any atom is -0.340 e. The van der Waals surface area contributed by atoms with E-state index in [1.54, 1.807) is 0 Å². The fourth-order valence-corrected chi connectivity index (χ4v) is 4.49. The Hall–Kier alpha value is -2.92. The van der Waals surface area contributed by atoms with Gasteiger partial charge in [0.1, 0.15) is 16.5 Å². The first-order chi connectivity index (χ1) is 13.7. The van der Waals surface area contributed by atoms with E-state index in [0.717, 1.165) is 16.4 Å². The number of amides is 1. The standard InChI is InChI=1S/C18H17F2N3O5S/c19-14-3-6-17(16(20)12-14)29(27,28)22-9-7-21(8-10-22)18(24)11-13-1-4-15(5-2-13)23(25)26/h1-6,12H,7-11H2. The Morgan fingerprint density at radius 1 is 1.03 bits per heavy atom. The fraction of sp³-hybridized carbons (Fsp3) is 0.278. The Morgan fingerprint density at radius 3 is 2.21 bits per heavy atom. The number of nitro benzene ring substituents is 1. The van der Waals surface area contributed by atoms with Gasteiger partial charge >= 0.3 is 0 Å². The molecule has 1 aliphatic rings. The zero-order valence-electron chi connectivity index (χ0n) is 15.1. The average molecular weight is 425 g/mol. The number of nitro groups is 1. The highest BCUT2D eigenvalue weighted by Crippen LogP contribution is 2.22. The third-order valence-electron chi connectivity index (χ3n) is 4.61. The number of benzene rings is 2. The predicted octanol–water partition coefficient (Wildman–Crippen LogP) is 1.95. The van der Waals surface area contributed by atoms with Crippen molar-refractivity contribution in [3.63, 3.8) is 0 Å². The van der Waals surface area contributed by atoms with Gasteiger partial charge < -0.3 is 4.90 Å². The Kier molecular flexibility index (Phi) is 5.89. The maximum atomic E-state index is 13.9. The van der Waals surface area contributed by atoms with Crippen LogP contribution in [0.15, 0.2) is 47.4 Å². The van der Waals surface area contributed by atoms with E-state index < -0.39 is 31.5 Å². The highest BCUT2D eigenvalue weighted by Gasteiger charge is 2.32. The molecule has 0 N–H and O–H groups in total. The Balaban J connectivity index is 1.62. The smallest absolute Gasteiger partial charge is 0.269 e. The van der Waals surface area contributed by atoms with Crippen molar-refractivity contribution in [3.8, 4) is 0 Å². The lowest BCUT2D eigenvalue weighted by Gasteiger charge is -2.34. The number of halogens is 2. The van der Waals surface area contributed by atoms with Gasteiger partial charge in [-0.15, -0.1) is 0 Å². The van der Waals surface area contributed by atoms with Gasteiger partial charge in [0.15, 0.2) is 0 Å². The Morgan fingerprint density at radius 2 is 1.66 bits per heavy atom. The van der Waals surface area contributed by atoms with Gasteiger partial charge in [0.2, 0.25) is 15.9 Å². The molecule has 0 unspecified atom stereocenters. The van der Waals surface area contributed by atoms with E-state index in [4.69, 9.17) is 0 Å². The van der Waals surface area contributed by atoms with Crippen molar-refractivity contribution < 1.29 is 26.9 Å². The fourth-order valence-electron chi connectivity index (χ4n) is 3.02. The largest absolute Gasteiger partial charge is 0.340 e. The molecule has 0 spiro atoms. The summed E-state index contributed by atoms with van der Waals surface area (Å²) in [5, 5.41) is 10.7. The summed E-state index contributed by atoms with van der Waals surface area (Å²) in [5.74, 6) is -2.28. The topological polar surface area (TPSA) is 101 Å². The molecule has 8 nitrogen and oxygen atoms in total. The van der Waals surface area contributed by atoms with Crippen molar-refractivity contribution in [2.45, 2.75) is 11.3 Å². The van der Waals surface area contributed by atoms with E-state index >= 15 is 0 Å². The van der Waals surface area contributed by atoms with Crippen molar-refractivity contribution in [2.75, 3.05) is 26.2 Å². The second-order valence-electron chi connectivity index (χ2n) is 6.46. The molecule has 1 heterocycles. The van der Waals surface area contributed by atoms with Crippen LogP contribution in [0, 0.1) is 21.7 Å². The summed E-state index contributed by atoms with van der Waals surface area (Å²) < 4.78 is 53.1. The van der Waals surface area contributed by atoms with Gasteiger partial charge in [-0.05, 0) is 17.7 Å². The van der Waals surface area contributed by atoms with Gasteiger partial charge in [-0.2, -0.15) is 4.31 Å². The van der Waals surface area contributed by atoms with Crippen LogP contribution in [-0.2, 0) is 21.2 Å². The van der Waals surface area contributed by atoms with Crippen LogP contribution in [0.5, 0.6) is 0 Å². The van der Waals surface area contributed by atoms with Gasteiger partial charge in [-0.25, -0.2) is 17.2 Å². The molecule has 0 aromatic heterocycles. The van der Waals surface area contributed by atoms with Gasteiger partial charge in [0.25, 0.3) is 5.69 Å². The lowest BCUT2D eigenvalue weighted by molar-refractivity contribution is -0.384. The molecule has 0 saturated carbocycles. The zero-order valence-corrected chi connectivity index (χ0v) is 15.9. The van der Waals surface area contributed by atoms with E-state index in [1.807, 2.05) is 0 Å². The third-order valence-corrected chi connectivity index (χ3v) is 6.54. The monoisotopic (exact) mass is 425 g/mol. The number of nitrogens with zero attached hydrogens (tertiary/aromatic N) is 3. The highest BCUT2D eigenvalue weighted by atomic mass is 32.2. The first-order valence-electron chi connectivity index (χ1n) is 8.65.